The summed E-state index contributed by atoms with van der Waals surface area (Å²) in [6.07, 6.45) is 0. The fraction of sp³-hybridized carbons (Fsp3) is 0.421. The largest absolute Gasteiger partial charge is 0.367 e. The second-order valence-corrected chi connectivity index (χ2v) is 7.32. The third-order valence-electron chi connectivity index (χ3n) is 3.78. The molecule has 0 spiro atoms. The second kappa shape index (κ2) is 8.07. The standard InChI is InChI=1S/C19H27N5O/c1-19(2,3)15-8-6-14(7-9-15)18(25)21-17-11-10-16(22-23-17)20-12-13-24(4)5/h6-11H,12-13H2,1-5H3,(H,20,22)(H,21,23,25). The molecule has 0 unspecified atom stereocenters. The Morgan fingerprint density at radius 2 is 1.60 bits per heavy atom. The predicted octanol–water partition coefficient (Wildman–Crippen LogP) is 3.00. The van der Waals surface area contributed by atoms with E-state index in [0.717, 1.165) is 13.1 Å². The number of hydrogen-bond acceptors (Lipinski definition) is 5. The molecule has 2 N–H and O–H groups in total. The van der Waals surface area contributed by atoms with Gasteiger partial charge in [-0.15, -0.1) is 10.2 Å². The third-order valence-corrected chi connectivity index (χ3v) is 3.78. The quantitative estimate of drug-likeness (QED) is 0.845. The summed E-state index contributed by atoms with van der Waals surface area (Å²) >= 11 is 0. The lowest BCUT2D eigenvalue weighted by atomic mass is 9.87. The van der Waals surface area contributed by atoms with Crippen molar-refractivity contribution >= 4 is 17.5 Å². The highest BCUT2D eigenvalue weighted by Crippen LogP contribution is 2.22. The highest BCUT2D eigenvalue weighted by Gasteiger charge is 2.14. The average molecular weight is 341 g/mol. The number of benzene rings is 1. The maximum atomic E-state index is 12.3. The van der Waals surface area contributed by atoms with Gasteiger partial charge in [-0.1, -0.05) is 32.9 Å². The minimum atomic E-state index is -0.192. The summed E-state index contributed by atoms with van der Waals surface area (Å²) in [4.78, 5) is 14.4. The van der Waals surface area contributed by atoms with Crippen LogP contribution in [-0.2, 0) is 5.41 Å². The highest BCUT2D eigenvalue weighted by molar-refractivity contribution is 6.03. The zero-order chi connectivity index (χ0) is 18.4. The van der Waals surface area contributed by atoms with Crippen molar-refractivity contribution in [2.75, 3.05) is 37.8 Å². The first kappa shape index (κ1) is 18.9. The molecule has 0 aliphatic heterocycles. The lowest BCUT2D eigenvalue weighted by Gasteiger charge is -2.19. The number of aromatic nitrogens is 2. The van der Waals surface area contributed by atoms with E-state index in [1.807, 2.05) is 38.4 Å². The van der Waals surface area contributed by atoms with Crippen molar-refractivity contribution in [3.63, 3.8) is 0 Å². The van der Waals surface area contributed by atoms with Gasteiger partial charge in [0.2, 0.25) is 0 Å². The molecule has 2 aromatic rings. The summed E-state index contributed by atoms with van der Waals surface area (Å²) < 4.78 is 0. The van der Waals surface area contributed by atoms with Crippen molar-refractivity contribution < 1.29 is 4.79 Å². The van der Waals surface area contributed by atoms with E-state index in [4.69, 9.17) is 0 Å². The molecule has 1 aromatic heterocycles. The van der Waals surface area contributed by atoms with E-state index < -0.39 is 0 Å². The van der Waals surface area contributed by atoms with Crippen molar-refractivity contribution in [3.8, 4) is 0 Å². The van der Waals surface area contributed by atoms with Gasteiger partial charge in [0.1, 0.15) is 5.82 Å². The molecule has 0 bridgehead atoms. The number of hydrogen-bond donors (Lipinski definition) is 2. The molecule has 0 saturated carbocycles. The number of likely N-dealkylation sites (N-methyl/N-ethyl adjacent to an activating group) is 1. The lowest BCUT2D eigenvalue weighted by molar-refractivity contribution is 0.102. The fourth-order valence-electron chi connectivity index (χ4n) is 2.21. The molecule has 6 heteroatoms. The Balaban J connectivity index is 1.94. The number of nitrogens with zero attached hydrogens (tertiary/aromatic N) is 3. The van der Waals surface area contributed by atoms with E-state index in [-0.39, 0.29) is 11.3 Å². The molecule has 1 amide bonds. The van der Waals surface area contributed by atoms with Crippen LogP contribution in [0.5, 0.6) is 0 Å². The Hall–Kier alpha value is -2.47. The van der Waals surface area contributed by atoms with Crippen LogP contribution in [0.25, 0.3) is 0 Å². The molecule has 0 saturated heterocycles. The number of carbonyl (C=O) groups excluding carboxylic acids is 1. The summed E-state index contributed by atoms with van der Waals surface area (Å²) in [7, 11) is 4.03. The minimum absolute atomic E-state index is 0.0654. The minimum Gasteiger partial charge on any atom is -0.367 e. The van der Waals surface area contributed by atoms with Gasteiger partial charge >= 0.3 is 0 Å². The highest BCUT2D eigenvalue weighted by atomic mass is 16.1. The molecule has 25 heavy (non-hydrogen) atoms. The Morgan fingerprint density at radius 3 is 2.12 bits per heavy atom. The summed E-state index contributed by atoms with van der Waals surface area (Å²) in [5, 5.41) is 14.1. The van der Waals surface area contributed by atoms with Gasteiger partial charge in [-0.25, -0.2) is 0 Å². The van der Waals surface area contributed by atoms with Gasteiger partial charge in [-0.05, 0) is 49.3 Å². The normalized spacial score (nSPS) is 11.4. The van der Waals surface area contributed by atoms with Crippen LogP contribution in [0.2, 0.25) is 0 Å². The maximum absolute atomic E-state index is 12.3. The maximum Gasteiger partial charge on any atom is 0.256 e. The Labute approximate surface area is 149 Å². The number of rotatable bonds is 6. The van der Waals surface area contributed by atoms with Gasteiger partial charge in [0, 0.05) is 18.7 Å². The zero-order valence-electron chi connectivity index (χ0n) is 15.6. The molecule has 0 aliphatic carbocycles. The van der Waals surface area contributed by atoms with E-state index in [9.17, 15) is 4.79 Å². The van der Waals surface area contributed by atoms with Gasteiger partial charge in [0.15, 0.2) is 5.82 Å². The topological polar surface area (TPSA) is 70.2 Å². The Morgan fingerprint density at radius 1 is 1.00 bits per heavy atom. The van der Waals surface area contributed by atoms with Crippen LogP contribution < -0.4 is 10.6 Å². The molecule has 134 valence electrons. The molecule has 2 rings (SSSR count). The van der Waals surface area contributed by atoms with Crippen molar-refractivity contribution in [1.82, 2.24) is 15.1 Å². The number of carbonyl (C=O) groups is 1. The van der Waals surface area contributed by atoms with Crippen LogP contribution in [0.3, 0.4) is 0 Å². The molecule has 1 heterocycles. The SMILES string of the molecule is CN(C)CCNc1ccc(NC(=O)c2ccc(C(C)(C)C)cc2)nn1. The van der Waals surface area contributed by atoms with Crippen molar-refractivity contribution in [1.29, 1.82) is 0 Å². The summed E-state index contributed by atoms with van der Waals surface area (Å²) in [6, 6.07) is 11.2. The lowest BCUT2D eigenvalue weighted by Crippen LogP contribution is -2.21. The first-order valence-corrected chi connectivity index (χ1v) is 8.40. The Kier molecular flexibility index (Phi) is 6.09. The Bertz CT molecular complexity index is 687. The first-order valence-electron chi connectivity index (χ1n) is 8.40. The number of nitrogens with one attached hydrogen (secondary N) is 2. The molecule has 6 nitrogen and oxygen atoms in total. The first-order chi connectivity index (χ1) is 11.8. The van der Waals surface area contributed by atoms with Crippen LogP contribution in [0.4, 0.5) is 11.6 Å². The molecule has 0 aliphatic rings. The second-order valence-electron chi connectivity index (χ2n) is 7.32. The van der Waals surface area contributed by atoms with Gasteiger partial charge in [-0.2, -0.15) is 0 Å². The summed E-state index contributed by atoms with van der Waals surface area (Å²) in [5.74, 6) is 0.931. The fourth-order valence-corrected chi connectivity index (χ4v) is 2.21. The summed E-state index contributed by atoms with van der Waals surface area (Å²) in [5.41, 5.74) is 1.86. The van der Waals surface area contributed by atoms with Gasteiger partial charge in [-0.3, -0.25) is 4.79 Å². The molecular formula is C19H27N5O. The molecule has 1 aromatic carbocycles. The zero-order valence-corrected chi connectivity index (χ0v) is 15.6. The molecule has 0 fully saturated rings. The summed E-state index contributed by atoms with van der Waals surface area (Å²) in [6.45, 7) is 8.13. The third kappa shape index (κ3) is 5.83. The molecular weight excluding hydrogens is 314 g/mol. The van der Waals surface area contributed by atoms with Crippen molar-refractivity contribution in [3.05, 3.63) is 47.5 Å². The van der Waals surface area contributed by atoms with Gasteiger partial charge < -0.3 is 15.5 Å². The van der Waals surface area contributed by atoms with Crippen molar-refractivity contribution in [2.45, 2.75) is 26.2 Å². The molecule has 0 atom stereocenters. The van der Waals surface area contributed by atoms with Crippen LogP contribution >= 0.6 is 0 Å². The predicted molar refractivity (Wildman–Crippen MR) is 102 cm³/mol. The van der Waals surface area contributed by atoms with Gasteiger partial charge in [0.25, 0.3) is 5.91 Å². The number of amides is 1. The van der Waals surface area contributed by atoms with E-state index in [2.05, 4.69) is 46.5 Å². The van der Waals surface area contributed by atoms with Crippen LogP contribution in [-0.4, -0.2) is 48.2 Å². The smallest absolute Gasteiger partial charge is 0.256 e. The molecule has 0 radical (unpaired) electrons. The van der Waals surface area contributed by atoms with E-state index in [1.165, 1.54) is 5.56 Å². The van der Waals surface area contributed by atoms with E-state index >= 15 is 0 Å². The van der Waals surface area contributed by atoms with E-state index in [1.54, 1.807) is 12.1 Å². The number of anilines is 2. The van der Waals surface area contributed by atoms with E-state index in [0.29, 0.717) is 17.2 Å². The van der Waals surface area contributed by atoms with Gasteiger partial charge in [0.05, 0.1) is 0 Å². The average Bonchev–Trinajstić information content (AvgIpc) is 2.55. The van der Waals surface area contributed by atoms with Crippen LogP contribution in [0.1, 0.15) is 36.7 Å². The van der Waals surface area contributed by atoms with Crippen molar-refractivity contribution in [2.24, 2.45) is 0 Å². The monoisotopic (exact) mass is 341 g/mol. The van der Waals surface area contributed by atoms with Crippen LogP contribution in [0.15, 0.2) is 36.4 Å². The van der Waals surface area contributed by atoms with Crippen LogP contribution in [0, 0.1) is 0 Å².